The van der Waals surface area contributed by atoms with Crippen LogP contribution in [0.4, 0.5) is 0 Å². The number of nitrogens with one attached hydrogen (secondary N) is 1. The van der Waals surface area contributed by atoms with E-state index in [0.29, 0.717) is 12.6 Å². The second kappa shape index (κ2) is 7.71. The van der Waals surface area contributed by atoms with Crippen molar-refractivity contribution in [2.45, 2.75) is 51.1 Å². The van der Waals surface area contributed by atoms with Crippen molar-refractivity contribution in [3.63, 3.8) is 0 Å². The van der Waals surface area contributed by atoms with Gasteiger partial charge in [-0.3, -0.25) is 15.1 Å². The predicted octanol–water partition coefficient (Wildman–Crippen LogP) is 0.892. The summed E-state index contributed by atoms with van der Waals surface area (Å²) < 4.78 is 5.12. The fourth-order valence-electron chi connectivity index (χ4n) is 2.85. The minimum atomic E-state index is -0.289. The number of likely N-dealkylation sites (N-methyl/N-ethyl adjacent to an activating group) is 1. The number of hydrogen-bond donors (Lipinski definition) is 2. The number of carbonyl (C=O) groups excluding carboxylic acids is 1. The van der Waals surface area contributed by atoms with Crippen molar-refractivity contribution in [2.75, 3.05) is 20.8 Å². The molecule has 106 valence electrons. The van der Waals surface area contributed by atoms with Gasteiger partial charge in [0, 0.05) is 13.2 Å². The van der Waals surface area contributed by atoms with E-state index in [-0.39, 0.29) is 11.9 Å². The zero-order valence-electron chi connectivity index (χ0n) is 11.8. The molecule has 0 heterocycles. The second-order valence-electron chi connectivity index (χ2n) is 5.23. The lowest BCUT2D eigenvalue weighted by atomic mass is 9.83. The number of hydrogen-bond acceptors (Lipinski definition) is 4. The van der Waals surface area contributed by atoms with Gasteiger partial charge in [-0.15, -0.1) is 0 Å². The molecule has 0 bridgehead atoms. The van der Waals surface area contributed by atoms with Crippen molar-refractivity contribution >= 4 is 5.91 Å². The highest BCUT2D eigenvalue weighted by atomic mass is 16.5. The van der Waals surface area contributed by atoms with Gasteiger partial charge in [0.05, 0.1) is 6.61 Å². The number of carbonyl (C=O) groups is 1. The average molecular weight is 257 g/mol. The molecule has 1 aliphatic rings. The van der Waals surface area contributed by atoms with Gasteiger partial charge >= 0.3 is 0 Å². The van der Waals surface area contributed by atoms with Gasteiger partial charge in [-0.25, -0.2) is 5.84 Å². The maximum absolute atomic E-state index is 11.7. The monoisotopic (exact) mass is 257 g/mol. The first kappa shape index (κ1) is 15.4. The van der Waals surface area contributed by atoms with Crippen LogP contribution in [0.15, 0.2) is 0 Å². The zero-order valence-corrected chi connectivity index (χ0v) is 11.8. The second-order valence-corrected chi connectivity index (χ2v) is 5.23. The van der Waals surface area contributed by atoms with Crippen LogP contribution in [0, 0.1) is 5.92 Å². The number of hydrazine groups is 1. The number of methoxy groups -OCH3 is 1. The summed E-state index contributed by atoms with van der Waals surface area (Å²) in [5.41, 5.74) is 2.23. The fraction of sp³-hybridized carbons (Fsp3) is 0.923. The van der Waals surface area contributed by atoms with E-state index in [1.54, 1.807) is 7.11 Å². The Morgan fingerprint density at radius 1 is 1.44 bits per heavy atom. The molecule has 1 amide bonds. The molecule has 18 heavy (non-hydrogen) atoms. The van der Waals surface area contributed by atoms with Gasteiger partial charge in [0.25, 0.3) is 5.91 Å². The van der Waals surface area contributed by atoms with Crippen LogP contribution in [0.5, 0.6) is 0 Å². The topological polar surface area (TPSA) is 67.6 Å². The van der Waals surface area contributed by atoms with E-state index in [2.05, 4.69) is 17.2 Å². The predicted molar refractivity (Wildman–Crippen MR) is 71.8 cm³/mol. The Morgan fingerprint density at radius 2 is 2.06 bits per heavy atom. The van der Waals surface area contributed by atoms with Gasteiger partial charge in [-0.2, -0.15) is 0 Å². The quantitative estimate of drug-likeness (QED) is 0.421. The molecule has 5 nitrogen and oxygen atoms in total. The molecular formula is C13H27N3O2. The van der Waals surface area contributed by atoms with Crippen LogP contribution in [-0.2, 0) is 9.53 Å². The van der Waals surface area contributed by atoms with Gasteiger partial charge in [0.1, 0.15) is 6.04 Å². The number of rotatable bonds is 6. The minimum absolute atomic E-state index is 0.169. The Hall–Kier alpha value is -0.650. The highest BCUT2D eigenvalue weighted by Crippen LogP contribution is 2.29. The smallest absolute Gasteiger partial charge is 0.253 e. The summed E-state index contributed by atoms with van der Waals surface area (Å²) in [7, 11) is 3.61. The van der Waals surface area contributed by atoms with Crippen molar-refractivity contribution in [2.24, 2.45) is 11.8 Å². The average Bonchev–Trinajstić information content (AvgIpc) is 2.43. The highest BCUT2D eigenvalue weighted by molar-refractivity contribution is 5.81. The van der Waals surface area contributed by atoms with Gasteiger partial charge in [0.15, 0.2) is 0 Å². The largest absolute Gasteiger partial charge is 0.383 e. The summed E-state index contributed by atoms with van der Waals surface area (Å²) >= 11 is 0. The Morgan fingerprint density at radius 3 is 2.50 bits per heavy atom. The number of ether oxygens (including phenoxy) is 1. The molecule has 0 aromatic carbocycles. The molecule has 1 rings (SSSR count). The van der Waals surface area contributed by atoms with Crippen LogP contribution in [0.3, 0.4) is 0 Å². The third-order valence-electron chi connectivity index (χ3n) is 4.23. The number of nitrogens with two attached hydrogens (primary N) is 1. The molecule has 0 aliphatic heterocycles. The molecule has 0 aromatic rings. The maximum Gasteiger partial charge on any atom is 0.253 e. The van der Waals surface area contributed by atoms with Gasteiger partial charge in [0.2, 0.25) is 0 Å². The lowest BCUT2D eigenvalue weighted by Gasteiger charge is -2.37. The summed E-state index contributed by atoms with van der Waals surface area (Å²) in [5.74, 6) is 5.92. The zero-order chi connectivity index (χ0) is 13.5. The molecule has 0 saturated heterocycles. The molecular weight excluding hydrogens is 230 g/mol. The van der Waals surface area contributed by atoms with Crippen LogP contribution < -0.4 is 11.3 Å². The lowest BCUT2D eigenvalue weighted by Crippen LogP contribution is -2.53. The van der Waals surface area contributed by atoms with Gasteiger partial charge < -0.3 is 4.74 Å². The van der Waals surface area contributed by atoms with Gasteiger partial charge in [-0.1, -0.05) is 13.3 Å². The highest BCUT2D eigenvalue weighted by Gasteiger charge is 2.30. The third kappa shape index (κ3) is 3.93. The van der Waals surface area contributed by atoms with Crippen LogP contribution in [0.2, 0.25) is 0 Å². The Balaban J connectivity index is 2.55. The summed E-state index contributed by atoms with van der Waals surface area (Å²) in [6.07, 6.45) is 6.10. The van der Waals surface area contributed by atoms with E-state index in [1.165, 1.54) is 19.3 Å². The van der Waals surface area contributed by atoms with Gasteiger partial charge in [-0.05, 0) is 38.6 Å². The molecule has 1 unspecified atom stereocenters. The molecule has 0 spiro atoms. The van der Waals surface area contributed by atoms with E-state index < -0.39 is 0 Å². The van der Waals surface area contributed by atoms with Crippen LogP contribution >= 0.6 is 0 Å². The normalized spacial score (nSPS) is 26.1. The first-order valence-electron chi connectivity index (χ1n) is 6.85. The minimum Gasteiger partial charge on any atom is -0.383 e. The van der Waals surface area contributed by atoms with Crippen molar-refractivity contribution < 1.29 is 9.53 Å². The summed E-state index contributed by atoms with van der Waals surface area (Å²) in [5, 5.41) is 0. The molecule has 1 atom stereocenters. The molecule has 3 N–H and O–H groups in total. The third-order valence-corrected chi connectivity index (χ3v) is 4.23. The summed E-state index contributed by atoms with van der Waals surface area (Å²) in [4.78, 5) is 13.9. The van der Waals surface area contributed by atoms with E-state index >= 15 is 0 Å². The standard InChI is InChI=1S/C13H27N3O2/c1-4-10-5-7-11(8-6-10)16(2)12(9-18-3)13(17)15-14/h10-12H,4-9,14H2,1-3H3,(H,15,17). The van der Waals surface area contributed by atoms with Crippen molar-refractivity contribution in [1.29, 1.82) is 0 Å². The van der Waals surface area contributed by atoms with E-state index in [0.717, 1.165) is 18.8 Å². The van der Waals surface area contributed by atoms with Crippen LogP contribution in [-0.4, -0.2) is 43.7 Å². The molecule has 1 aliphatic carbocycles. The maximum atomic E-state index is 11.7. The number of nitrogens with zero attached hydrogens (tertiary/aromatic N) is 1. The first-order chi connectivity index (χ1) is 8.63. The lowest BCUT2D eigenvalue weighted by molar-refractivity contribution is -0.129. The van der Waals surface area contributed by atoms with Crippen molar-refractivity contribution in [3.8, 4) is 0 Å². The van der Waals surface area contributed by atoms with Crippen LogP contribution in [0.1, 0.15) is 39.0 Å². The molecule has 1 saturated carbocycles. The molecule has 1 fully saturated rings. The SMILES string of the molecule is CCC1CCC(N(C)C(COC)C(=O)NN)CC1. The van der Waals surface area contributed by atoms with E-state index in [9.17, 15) is 4.79 Å². The van der Waals surface area contributed by atoms with Crippen molar-refractivity contribution in [1.82, 2.24) is 10.3 Å². The fourth-order valence-corrected chi connectivity index (χ4v) is 2.85. The molecule has 0 radical (unpaired) electrons. The van der Waals surface area contributed by atoms with Crippen molar-refractivity contribution in [3.05, 3.63) is 0 Å². The number of amides is 1. The Kier molecular flexibility index (Phi) is 6.60. The summed E-state index contributed by atoms with van der Waals surface area (Å²) in [6, 6.07) is 0.174. The summed E-state index contributed by atoms with van der Waals surface area (Å²) in [6.45, 7) is 2.64. The Bertz CT molecular complexity index is 253. The Labute approximate surface area is 110 Å². The van der Waals surface area contributed by atoms with E-state index in [1.807, 2.05) is 7.05 Å². The van der Waals surface area contributed by atoms with Crippen LogP contribution in [0.25, 0.3) is 0 Å². The molecule has 0 aromatic heterocycles. The van der Waals surface area contributed by atoms with E-state index in [4.69, 9.17) is 10.6 Å². The first-order valence-corrected chi connectivity index (χ1v) is 6.85. The molecule has 5 heteroatoms.